The number of hydrogen-bond donors (Lipinski definition) is 2. The zero-order chi connectivity index (χ0) is 18.2. The average molecular weight is 338 g/mol. The lowest BCUT2D eigenvalue weighted by atomic mass is 10.1. The maximum atomic E-state index is 12.4. The zero-order valence-corrected chi connectivity index (χ0v) is 15.2. The average Bonchev–Trinajstić information content (AvgIpc) is 2.58. The van der Waals surface area contributed by atoms with Gasteiger partial charge in [-0.1, -0.05) is 37.5 Å². The minimum absolute atomic E-state index is 0.0148. The molecule has 0 aliphatic rings. The Morgan fingerprint density at radius 2 is 1.64 bits per heavy atom. The van der Waals surface area contributed by atoms with Crippen LogP contribution in [0.1, 0.15) is 54.1 Å². The Bertz CT molecular complexity index is 736. The van der Waals surface area contributed by atoms with Gasteiger partial charge in [0.05, 0.1) is 0 Å². The first-order valence-electron chi connectivity index (χ1n) is 8.78. The molecule has 4 heteroatoms. The van der Waals surface area contributed by atoms with Crippen LogP contribution in [0.4, 0.5) is 11.4 Å². The number of amides is 2. The molecule has 0 bridgehead atoms. The molecule has 0 fully saturated rings. The van der Waals surface area contributed by atoms with Gasteiger partial charge >= 0.3 is 0 Å². The molecule has 25 heavy (non-hydrogen) atoms. The number of hydrogen-bond acceptors (Lipinski definition) is 2. The van der Waals surface area contributed by atoms with Crippen LogP contribution in [-0.2, 0) is 4.79 Å². The van der Waals surface area contributed by atoms with E-state index in [9.17, 15) is 9.59 Å². The van der Waals surface area contributed by atoms with Gasteiger partial charge in [0.25, 0.3) is 5.91 Å². The SMILES string of the molecule is CCCCCC(=O)Nc1ccc(C(=O)Nc2ccc(C)cc2C)cc1. The molecule has 2 aromatic carbocycles. The quantitative estimate of drug-likeness (QED) is 0.692. The van der Waals surface area contributed by atoms with Crippen molar-refractivity contribution in [2.24, 2.45) is 0 Å². The molecule has 0 saturated carbocycles. The summed E-state index contributed by atoms with van der Waals surface area (Å²) < 4.78 is 0. The first kappa shape index (κ1) is 18.7. The lowest BCUT2D eigenvalue weighted by molar-refractivity contribution is -0.116. The highest BCUT2D eigenvalue weighted by Crippen LogP contribution is 2.18. The zero-order valence-electron chi connectivity index (χ0n) is 15.2. The van der Waals surface area contributed by atoms with Gasteiger partial charge in [-0.15, -0.1) is 0 Å². The van der Waals surface area contributed by atoms with E-state index in [4.69, 9.17) is 0 Å². The smallest absolute Gasteiger partial charge is 0.255 e. The normalized spacial score (nSPS) is 10.4. The number of nitrogens with one attached hydrogen (secondary N) is 2. The van der Waals surface area contributed by atoms with Gasteiger partial charge in [0, 0.05) is 23.4 Å². The van der Waals surface area contributed by atoms with Crippen molar-refractivity contribution in [3.05, 3.63) is 59.2 Å². The summed E-state index contributed by atoms with van der Waals surface area (Å²) in [5, 5.41) is 5.78. The maximum Gasteiger partial charge on any atom is 0.255 e. The molecule has 2 N–H and O–H groups in total. The van der Waals surface area contributed by atoms with Gasteiger partial charge in [0.2, 0.25) is 5.91 Å². The van der Waals surface area contributed by atoms with E-state index in [1.165, 1.54) is 0 Å². The molecule has 2 aromatic rings. The van der Waals surface area contributed by atoms with Gasteiger partial charge in [-0.05, 0) is 56.2 Å². The summed E-state index contributed by atoms with van der Waals surface area (Å²) in [5.74, 6) is -0.145. The Morgan fingerprint density at radius 1 is 0.920 bits per heavy atom. The van der Waals surface area contributed by atoms with E-state index in [-0.39, 0.29) is 11.8 Å². The molecular formula is C21H26N2O2. The second-order valence-electron chi connectivity index (χ2n) is 6.36. The van der Waals surface area contributed by atoms with Crippen LogP contribution >= 0.6 is 0 Å². The summed E-state index contributed by atoms with van der Waals surface area (Å²) in [5.41, 5.74) is 4.27. The second kappa shape index (κ2) is 9.02. The fraction of sp³-hybridized carbons (Fsp3) is 0.333. The van der Waals surface area contributed by atoms with E-state index in [0.29, 0.717) is 17.7 Å². The van der Waals surface area contributed by atoms with Gasteiger partial charge in [0.15, 0.2) is 0 Å². The number of rotatable bonds is 7. The summed E-state index contributed by atoms with van der Waals surface area (Å²) in [4.78, 5) is 24.2. The monoisotopic (exact) mass is 338 g/mol. The van der Waals surface area contributed by atoms with Gasteiger partial charge < -0.3 is 10.6 Å². The van der Waals surface area contributed by atoms with E-state index in [1.807, 2.05) is 32.0 Å². The molecule has 0 spiro atoms. The highest BCUT2D eigenvalue weighted by atomic mass is 16.2. The number of anilines is 2. The second-order valence-corrected chi connectivity index (χ2v) is 6.36. The Morgan fingerprint density at radius 3 is 2.28 bits per heavy atom. The van der Waals surface area contributed by atoms with Crippen molar-refractivity contribution in [1.29, 1.82) is 0 Å². The summed E-state index contributed by atoms with van der Waals surface area (Å²) in [6.45, 7) is 6.10. The molecule has 0 atom stereocenters. The number of benzene rings is 2. The standard InChI is InChI=1S/C21H26N2O2/c1-4-5-6-7-20(24)22-18-11-9-17(10-12-18)21(25)23-19-13-8-15(2)14-16(19)3/h8-14H,4-7H2,1-3H3,(H,22,24)(H,23,25). The van der Waals surface area contributed by atoms with Crippen LogP contribution < -0.4 is 10.6 Å². The van der Waals surface area contributed by atoms with Crippen molar-refractivity contribution in [2.45, 2.75) is 46.5 Å². The topological polar surface area (TPSA) is 58.2 Å². The molecule has 0 aliphatic carbocycles. The molecule has 0 unspecified atom stereocenters. The lowest BCUT2D eigenvalue weighted by Crippen LogP contribution is -2.14. The van der Waals surface area contributed by atoms with Crippen LogP contribution in [0.5, 0.6) is 0 Å². The van der Waals surface area contributed by atoms with Crippen molar-refractivity contribution in [2.75, 3.05) is 10.6 Å². The van der Waals surface area contributed by atoms with Crippen LogP contribution in [0.3, 0.4) is 0 Å². The number of unbranched alkanes of at least 4 members (excludes halogenated alkanes) is 2. The van der Waals surface area contributed by atoms with Gasteiger partial charge in [-0.3, -0.25) is 9.59 Å². The fourth-order valence-corrected chi connectivity index (χ4v) is 2.61. The highest BCUT2D eigenvalue weighted by Gasteiger charge is 2.08. The van der Waals surface area contributed by atoms with Crippen LogP contribution in [0.2, 0.25) is 0 Å². The van der Waals surface area contributed by atoms with Gasteiger partial charge in [-0.25, -0.2) is 0 Å². The predicted octanol–water partition coefficient (Wildman–Crippen LogP) is 5.07. The molecule has 0 aliphatic heterocycles. The van der Waals surface area contributed by atoms with Crippen LogP contribution in [-0.4, -0.2) is 11.8 Å². The maximum absolute atomic E-state index is 12.4. The summed E-state index contributed by atoms with van der Waals surface area (Å²) in [7, 11) is 0. The summed E-state index contributed by atoms with van der Waals surface area (Å²) in [6.07, 6.45) is 3.59. The first-order valence-corrected chi connectivity index (χ1v) is 8.78. The van der Waals surface area contributed by atoms with E-state index in [1.54, 1.807) is 24.3 Å². The van der Waals surface area contributed by atoms with Gasteiger partial charge in [-0.2, -0.15) is 0 Å². The molecule has 0 heterocycles. The number of carbonyl (C=O) groups excluding carboxylic acids is 2. The van der Waals surface area contributed by atoms with Crippen LogP contribution in [0, 0.1) is 13.8 Å². The van der Waals surface area contributed by atoms with E-state index < -0.39 is 0 Å². The van der Waals surface area contributed by atoms with Crippen molar-refractivity contribution in [3.63, 3.8) is 0 Å². The first-order chi connectivity index (χ1) is 12.0. The Balaban J connectivity index is 1.94. The third-order valence-corrected chi connectivity index (χ3v) is 4.07. The molecule has 0 radical (unpaired) electrons. The highest BCUT2D eigenvalue weighted by molar-refractivity contribution is 6.05. The molecule has 0 saturated heterocycles. The minimum atomic E-state index is -0.159. The molecule has 2 rings (SSSR count). The summed E-state index contributed by atoms with van der Waals surface area (Å²) >= 11 is 0. The Labute approximate surface area is 149 Å². The molecule has 132 valence electrons. The third kappa shape index (κ3) is 5.75. The molecule has 2 amide bonds. The fourth-order valence-electron chi connectivity index (χ4n) is 2.61. The van der Waals surface area contributed by atoms with Crippen LogP contribution in [0.25, 0.3) is 0 Å². The van der Waals surface area contributed by atoms with Crippen molar-refractivity contribution >= 4 is 23.2 Å². The van der Waals surface area contributed by atoms with Gasteiger partial charge in [0.1, 0.15) is 0 Å². The lowest BCUT2D eigenvalue weighted by Gasteiger charge is -2.10. The van der Waals surface area contributed by atoms with Crippen LogP contribution in [0.15, 0.2) is 42.5 Å². The molecular weight excluding hydrogens is 312 g/mol. The minimum Gasteiger partial charge on any atom is -0.326 e. The van der Waals surface area contributed by atoms with Crippen molar-refractivity contribution < 1.29 is 9.59 Å². The number of aryl methyl sites for hydroxylation is 2. The number of carbonyl (C=O) groups is 2. The van der Waals surface area contributed by atoms with E-state index in [0.717, 1.165) is 36.1 Å². The van der Waals surface area contributed by atoms with E-state index in [2.05, 4.69) is 17.6 Å². The Hall–Kier alpha value is -2.62. The van der Waals surface area contributed by atoms with Crippen molar-refractivity contribution in [3.8, 4) is 0 Å². The third-order valence-electron chi connectivity index (χ3n) is 4.07. The Kier molecular flexibility index (Phi) is 6.75. The molecule has 4 nitrogen and oxygen atoms in total. The largest absolute Gasteiger partial charge is 0.326 e. The summed E-state index contributed by atoms with van der Waals surface area (Å²) in [6, 6.07) is 12.9. The van der Waals surface area contributed by atoms with Crippen molar-refractivity contribution in [1.82, 2.24) is 0 Å². The molecule has 0 aromatic heterocycles. The predicted molar refractivity (Wildman–Crippen MR) is 103 cm³/mol. The van der Waals surface area contributed by atoms with E-state index >= 15 is 0 Å².